The molecule has 1 aliphatic rings. The van der Waals surface area contributed by atoms with Crippen LogP contribution in [-0.2, 0) is 0 Å². The first-order valence-electron chi connectivity index (χ1n) is 4.76. The molecule has 0 aromatic rings. The zero-order valence-electron chi connectivity index (χ0n) is 7.80. The van der Waals surface area contributed by atoms with E-state index in [0.717, 1.165) is 6.42 Å². The Morgan fingerprint density at radius 2 is 1.54 bits per heavy atom. The van der Waals surface area contributed by atoms with Crippen LogP contribution in [0.1, 0.15) is 19.8 Å². The van der Waals surface area contributed by atoms with Crippen LogP contribution in [0.15, 0.2) is 0 Å². The molecule has 4 N–H and O–H groups in total. The fraction of sp³-hybridized carbons (Fsp3) is 1.00. The molecule has 1 aliphatic carbocycles. The zero-order chi connectivity index (χ0) is 10.0. The highest BCUT2D eigenvalue weighted by atomic mass is 16.4. The molecule has 1 rings (SSSR count). The first-order chi connectivity index (χ1) is 6.11. The second-order valence-electron chi connectivity index (χ2n) is 3.82. The average Bonchev–Trinajstić information content (AvgIpc) is 2.15. The van der Waals surface area contributed by atoms with Gasteiger partial charge in [-0.1, -0.05) is 13.3 Å². The van der Waals surface area contributed by atoms with Crippen LogP contribution in [0, 0.1) is 11.8 Å². The fourth-order valence-electron chi connectivity index (χ4n) is 2.02. The molecule has 0 aromatic heterocycles. The van der Waals surface area contributed by atoms with E-state index in [1.807, 2.05) is 6.92 Å². The van der Waals surface area contributed by atoms with Gasteiger partial charge in [0.2, 0.25) is 0 Å². The normalized spacial score (nSPS) is 46.4. The molecule has 0 aromatic carbocycles. The smallest absolute Gasteiger partial charge is 0.106 e. The Kier molecular flexibility index (Phi) is 3.67. The van der Waals surface area contributed by atoms with Crippen molar-refractivity contribution in [2.24, 2.45) is 11.8 Å². The molecule has 5 atom stereocenters. The number of rotatable bonds is 2. The van der Waals surface area contributed by atoms with Gasteiger partial charge in [-0.25, -0.2) is 0 Å². The highest BCUT2D eigenvalue weighted by molar-refractivity contribution is 4.91. The molecule has 1 unspecified atom stereocenters. The Bertz CT molecular complexity index is 142. The van der Waals surface area contributed by atoms with Gasteiger partial charge >= 0.3 is 0 Å². The minimum atomic E-state index is -1.11. The van der Waals surface area contributed by atoms with Crippen molar-refractivity contribution in [3.8, 4) is 0 Å². The van der Waals surface area contributed by atoms with Crippen LogP contribution < -0.4 is 0 Å². The molecule has 0 amide bonds. The maximum atomic E-state index is 9.53. The van der Waals surface area contributed by atoms with E-state index in [4.69, 9.17) is 5.11 Å². The number of hydrogen-bond donors (Lipinski definition) is 4. The van der Waals surface area contributed by atoms with E-state index in [0.29, 0.717) is 6.42 Å². The molecule has 13 heavy (non-hydrogen) atoms. The summed E-state index contributed by atoms with van der Waals surface area (Å²) >= 11 is 0. The lowest BCUT2D eigenvalue weighted by Crippen LogP contribution is -2.51. The van der Waals surface area contributed by atoms with Crippen LogP contribution in [0.4, 0.5) is 0 Å². The van der Waals surface area contributed by atoms with E-state index in [-0.39, 0.29) is 18.4 Å². The number of aliphatic hydroxyl groups excluding tert-OH is 4. The number of aliphatic hydroxyl groups is 4. The molecule has 0 bridgehead atoms. The summed E-state index contributed by atoms with van der Waals surface area (Å²) in [7, 11) is 0. The summed E-state index contributed by atoms with van der Waals surface area (Å²) in [6, 6.07) is 0. The Morgan fingerprint density at radius 3 is 2.00 bits per heavy atom. The minimum Gasteiger partial charge on any atom is -0.396 e. The molecular formula is C9H18O4. The Labute approximate surface area is 77.8 Å². The van der Waals surface area contributed by atoms with Gasteiger partial charge in [0.05, 0.1) is 12.2 Å². The number of hydrogen-bond acceptors (Lipinski definition) is 4. The SMILES string of the molecule is CCC1C[C@@H](CO)[C@H](O)[C@@H](O)[C@@H]1O. The van der Waals surface area contributed by atoms with Crippen molar-refractivity contribution in [3.05, 3.63) is 0 Å². The quantitative estimate of drug-likeness (QED) is 0.455. The zero-order valence-corrected chi connectivity index (χ0v) is 7.80. The fourth-order valence-corrected chi connectivity index (χ4v) is 2.02. The molecule has 0 saturated heterocycles. The molecule has 4 nitrogen and oxygen atoms in total. The third-order valence-corrected chi connectivity index (χ3v) is 3.03. The highest BCUT2D eigenvalue weighted by Gasteiger charge is 2.41. The summed E-state index contributed by atoms with van der Waals surface area (Å²) in [5.74, 6) is -0.320. The van der Waals surface area contributed by atoms with Crippen LogP contribution in [0.25, 0.3) is 0 Å². The van der Waals surface area contributed by atoms with E-state index in [2.05, 4.69) is 0 Å². The van der Waals surface area contributed by atoms with Crippen molar-refractivity contribution >= 4 is 0 Å². The summed E-state index contributed by atoms with van der Waals surface area (Å²) in [5, 5.41) is 37.3. The molecule has 0 radical (unpaired) electrons. The second kappa shape index (κ2) is 4.37. The van der Waals surface area contributed by atoms with Crippen molar-refractivity contribution in [2.75, 3.05) is 6.61 Å². The van der Waals surface area contributed by atoms with Crippen LogP contribution in [0.2, 0.25) is 0 Å². The topological polar surface area (TPSA) is 80.9 Å². The van der Waals surface area contributed by atoms with E-state index >= 15 is 0 Å². The van der Waals surface area contributed by atoms with Crippen molar-refractivity contribution in [2.45, 2.75) is 38.1 Å². The maximum Gasteiger partial charge on any atom is 0.106 e. The van der Waals surface area contributed by atoms with Gasteiger partial charge in [-0.2, -0.15) is 0 Å². The third-order valence-electron chi connectivity index (χ3n) is 3.03. The lowest BCUT2D eigenvalue weighted by atomic mass is 9.75. The third kappa shape index (κ3) is 2.02. The van der Waals surface area contributed by atoms with Gasteiger partial charge < -0.3 is 20.4 Å². The largest absolute Gasteiger partial charge is 0.396 e. The summed E-state index contributed by atoms with van der Waals surface area (Å²) in [6.45, 7) is 1.79. The van der Waals surface area contributed by atoms with Gasteiger partial charge in [0.25, 0.3) is 0 Å². The van der Waals surface area contributed by atoms with Gasteiger partial charge in [0.15, 0.2) is 0 Å². The van der Waals surface area contributed by atoms with Crippen molar-refractivity contribution in [3.63, 3.8) is 0 Å². The van der Waals surface area contributed by atoms with Crippen LogP contribution in [0.3, 0.4) is 0 Å². The summed E-state index contributed by atoms with van der Waals surface area (Å²) in [5.41, 5.74) is 0. The Balaban J connectivity index is 2.66. The standard InChI is InChI=1S/C9H18O4/c1-2-5-3-6(4-10)8(12)9(13)7(5)11/h5-13H,2-4H2,1H3/t5?,6-,7+,8-,9-/m0/s1. The molecule has 0 aliphatic heterocycles. The summed E-state index contributed by atoms with van der Waals surface area (Å²) < 4.78 is 0. The molecule has 1 saturated carbocycles. The van der Waals surface area contributed by atoms with Gasteiger partial charge in [0.1, 0.15) is 6.10 Å². The van der Waals surface area contributed by atoms with Gasteiger partial charge in [-0.15, -0.1) is 0 Å². The van der Waals surface area contributed by atoms with Crippen LogP contribution in [0.5, 0.6) is 0 Å². The van der Waals surface area contributed by atoms with Crippen LogP contribution >= 0.6 is 0 Å². The van der Waals surface area contributed by atoms with E-state index in [1.165, 1.54) is 0 Å². The molecule has 0 heterocycles. The molecule has 1 fully saturated rings. The highest BCUT2D eigenvalue weighted by Crippen LogP contribution is 2.31. The first kappa shape index (κ1) is 10.9. The molecule has 0 spiro atoms. The lowest BCUT2D eigenvalue weighted by molar-refractivity contribution is -0.142. The Morgan fingerprint density at radius 1 is 1.00 bits per heavy atom. The summed E-state index contributed by atoms with van der Waals surface area (Å²) in [6.07, 6.45) is -1.64. The summed E-state index contributed by atoms with van der Waals surface area (Å²) in [4.78, 5) is 0. The lowest BCUT2D eigenvalue weighted by Gasteiger charge is -2.39. The molecular weight excluding hydrogens is 172 g/mol. The van der Waals surface area contributed by atoms with Crippen LogP contribution in [-0.4, -0.2) is 45.3 Å². The second-order valence-corrected chi connectivity index (χ2v) is 3.82. The average molecular weight is 190 g/mol. The van der Waals surface area contributed by atoms with E-state index in [9.17, 15) is 15.3 Å². The Hall–Kier alpha value is -0.160. The predicted octanol–water partition coefficient (Wildman–Crippen LogP) is -0.893. The van der Waals surface area contributed by atoms with Crippen molar-refractivity contribution in [1.29, 1.82) is 0 Å². The monoisotopic (exact) mass is 190 g/mol. The van der Waals surface area contributed by atoms with Gasteiger partial charge in [0, 0.05) is 12.5 Å². The predicted molar refractivity (Wildman–Crippen MR) is 47.0 cm³/mol. The maximum absolute atomic E-state index is 9.53. The molecule has 4 heteroatoms. The molecule has 78 valence electrons. The van der Waals surface area contributed by atoms with Crippen molar-refractivity contribution in [1.82, 2.24) is 0 Å². The van der Waals surface area contributed by atoms with E-state index in [1.54, 1.807) is 0 Å². The van der Waals surface area contributed by atoms with Gasteiger partial charge in [-0.3, -0.25) is 0 Å². The van der Waals surface area contributed by atoms with Gasteiger partial charge in [-0.05, 0) is 12.3 Å². The van der Waals surface area contributed by atoms with Crippen molar-refractivity contribution < 1.29 is 20.4 Å². The van der Waals surface area contributed by atoms with E-state index < -0.39 is 18.3 Å². The minimum absolute atomic E-state index is 0.0180. The first-order valence-corrected chi connectivity index (χ1v) is 4.76.